The fraction of sp³-hybridized carbons (Fsp3) is 0.900. The van der Waals surface area contributed by atoms with Crippen molar-refractivity contribution < 1.29 is 14.4 Å². The maximum absolute atomic E-state index is 6.47. The Labute approximate surface area is 143 Å². The van der Waals surface area contributed by atoms with Gasteiger partial charge in [-0.2, -0.15) is 0 Å². The molecule has 2 rings (SSSR count). The lowest BCUT2D eigenvalue weighted by atomic mass is 9.85. The highest BCUT2D eigenvalue weighted by Gasteiger charge is 2.34. The van der Waals surface area contributed by atoms with Crippen molar-refractivity contribution >= 4 is 0 Å². The van der Waals surface area contributed by atoms with Crippen LogP contribution in [0.4, 0.5) is 0 Å². The number of hydrogen-bond donors (Lipinski definition) is 1. The van der Waals surface area contributed by atoms with Crippen LogP contribution in [0.15, 0.2) is 0 Å². The van der Waals surface area contributed by atoms with E-state index in [4.69, 9.17) is 9.47 Å². The third kappa shape index (κ3) is 6.10. The number of ether oxygens (including phenoxy) is 2. The summed E-state index contributed by atoms with van der Waals surface area (Å²) in [6.07, 6.45) is 8.71. The van der Waals surface area contributed by atoms with Gasteiger partial charge in [-0.3, -0.25) is 0 Å². The molecule has 0 unspecified atom stereocenters. The van der Waals surface area contributed by atoms with Crippen LogP contribution in [0.5, 0.6) is 0 Å². The molecule has 23 heavy (non-hydrogen) atoms. The van der Waals surface area contributed by atoms with E-state index < -0.39 is 0 Å². The number of hydrogen-bond acceptors (Lipinski definition) is 2. The lowest BCUT2D eigenvalue weighted by molar-refractivity contribution is -0.914. The first-order valence-electron chi connectivity index (χ1n) is 9.65. The third-order valence-electron chi connectivity index (χ3n) is 5.17. The minimum absolute atomic E-state index is 0.178. The Kier molecular flexibility index (Phi) is 7.89. The maximum Gasteiger partial charge on any atom is 0.135 e. The van der Waals surface area contributed by atoms with Crippen molar-refractivity contribution in [1.82, 2.24) is 0 Å². The molecule has 2 fully saturated rings. The molecule has 1 aliphatic heterocycles. The van der Waals surface area contributed by atoms with Crippen LogP contribution in [-0.2, 0) is 9.47 Å². The number of quaternary nitrogens is 1. The van der Waals surface area contributed by atoms with E-state index in [0.717, 1.165) is 32.7 Å². The summed E-state index contributed by atoms with van der Waals surface area (Å²) in [6.45, 7) is 11.4. The summed E-state index contributed by atoms with van der Waals surface area (Å²) in [7, 11) is 0. The molecule has 3 nitrogen and oxygen atoms in total. The number of nitrogens with one attached hydrogen (secondary N) is 1. The van der Waals surface area contributed by atoms with Crippen molar-refractivity contribution in [1.29, 1.82) is 0 Å². The van der Waals surface area contributed by atoms with Gasteiger partial charge in [0.1, 0.15) is 24.9 Å². The highest BCUT2D eigenvalue weighted by atomic mass is 16.5. The molecule has 0 amide bonds. The Morgan fingerprint density at radius 3 is 2.26 bits per heavy atom. The molecule has 0 aromatic carbocycles. The molecule has 0 aromatic rings. The summed E-state index contributed by atoms with van der Waals surface area (Å²) in [6, 6.07) is 0.466. The van der Waals surface area contributed by atoms with E-state index in [1.807, 2.05) is 6.92 Å². The zero-order valence-electron chi connectivity index (χ0n) is 15.5. The van der Waals surface area contributed by atoms with Crippen LogP contribution in [-0.4, -0.2) is 44.6 Å². The summed E-state index contributed by atoms with van der Waals surface area (Å²) >= 11 is 0. The molecule has 1 atom stereocenters. The first kappa shape index (κ1) is 18.8. The van der Waals surface area contributed by atoms with E-state index in [0.29, 0.717) is 12.0 Å². The largest absolute Gasteiger partial charge is 0.375 e. The van der Waals surface area contributed by atoms with Crippen LogP contribution >= 0.6 is 0 Å². The molecule has 1 saturated carbocycles. The van der Waals surface area contributed by atoms with Crippen LogP contribution < -0.4 is 4.90 Å². The Morgan fingerprint density at radius 1 is 0.957 bits per heavy atom. The van der Waals surface area contributed by atoms with Gasteiger partial charge in [0.2, 0.25) is 0 Å². The molecule has 132 valence electrons. The zero-order chi connectivity index (χ0) is 16.5. The molecule has 1 N–H and O–H groups in total. The van der Waals surface area contributed by atoms with Crippen LogP contribution in [0.1, 0.15) is 65.7 Å². The molecule has 1 heterocycles. The predicted octanol–water partition coefficient (Wildman–Crippen LogP) is 2.45. The van der Waals surface area contributed by atoms with Gasteiger partial charge in [-0.25, -0.2) is 0 Å². The summed E-state index contributed by atoms with van der Waals surface area (Å²) in [5, 5.41) is 0. The second-order valence-corrected chi connectivity index (χ2v) is 7.73. The lowest BCUT2D eigenvalue weighted by Gasteiger charge is -2.35. The Bertz CT molecular complexity index is 384. The van der Waals surface area contributed by atoms with Crippen LogP contribution in [0.25, 0.3) is 0 Å². The van der Waals surface area contributed by atoms with E-state index in [2.05, 4.69) is 25.7 Å². The van der Waals surface area contributed by atoms with Gasteiger partial charge in [-0.1, -0.05) is 26.2 Å². The van der Waals surface area contributed by atoms with Crippen molar-refractivity contribution in [3.63, 3.8) is 0 Å². The van der Waals surface area contributed by atoms with Gasteiger partial charge >= 0.3 is 0 Å². The Balaban J connectivity index is 1.90. The van der Waals surface area contributed by atoms with Crippen molar-refractivity contribution in [2.75, 3.05) is 32.9 Å². The van der Waals surface area contributed by atoms with Gasteiger partial charge in [0, 0.05) is 19.4 Å². The van der Waals surface area contributed by atoms with Crippen LogP contribution in [0, 0.1) is 17.8 Å². The highest BCUT2D eigenvalue weighted by Crippen LogP contribution is 2.31. The zero-order valence-corrected chi connectivity index (χ0v) is 15.5. The van der Waals surface area contributed by atoms with Crippen LogP contribution in [0.3, 0.4) is 0 Å². The maximum atomic E-state index is 6.47. The van der Waals surface area contributed by atoms with Crippen molar-refractivity contribution in [2.45, 2.75) is 77.4 Å². The lowest BCUT2D eigenvalue weighted by Crippen LogP contribution is -3.15. The van der Waals surface area contributed by atoms with Crippen molar-refractivity contribution in [3.05, 3.63) is 0 Å². The fourth-order valence-electron chi connectivity index (χ4n) is 3.88. The van der Waals surface area contributed by atoms with E-state index >= 15 is 0 Å². The quantitative estimate of drug-likeness (QED) is 0.694. The van der Waals surface area contributed by atoms with Gasteiger partial charge in [0.05, 0.1) is 13.1 Å². The monoisotopic (exact) mass is 322 g/mol. The second-order valence-electron chi connectivity index (χ2n) is 7.73. The van der Waals surface area contributed by atoms with Crippen molar-refractivity contribution in [3.8, 4) is 11.8 Å². The molecule has 0 radical (unpaired) electrons. The predicted molar refractivity (Wildman–Crippen MR) is 94.6 cm³/mol. The first-order chi connectivity index (χ1) is 11.2. The molecule has 1 aliphatic carbocycles. The van der Waals surface area contributed by atoms with Crippen molar-refractivity contribution in [2.24, 2.45) is 5.92 Å². The molecular weight excluding hydrogens is 286 g/mol. The average Bonchev–Trinajstić information content (AvgIpc) is 3.06. The number of rotatable bonds is 8. The molecule has 0 spiro atoms. The molecule has 3 heteroatoms. The Hall–Kier alpha value is -0.560. The van der Waals surface area contributed by atoms with E-state index in [1.165, 1.54) is 45.2 Å². The summed E-state index contributed by atoms with van der Waals surface area (Å²) in [5.74, 6) is 7.11. The topological polar surface area (TPSA) is 22.9 Å². The van der Waals surface area contributed by atoms with Gasteiger partial charge in [0.15, 0.2) is 0 Å². The standard InChI is InChI=1S/C20H35NO2/c1-4-10-20(11-6-5-7-12-20)23-17-19(16-22-15-18(2)3)21-13-8-9-14-21/h18-19H,5-9,11-17H2,1-3H3/p+1/t19-/m1/s1. The van der Waals surface area contributed by atoms with E-state index in [-0.39, 0.29) is 5.60 Å². The van der Waals surface area contributed by atoms with Gasteiger partial charge in [-0.05, 0) is 38.5 Å². The van der Waals surface area contributed by atoms with Gasteiger partial charge in [0.25, 0.3) is 0 Å². The number of likely N-dealkylation sites (tertiary alicyclic amines) is 1. The normalized spacial score (nSPS) is 22.8. The first-order valence-corrected chi connectivity index (χ1v) is 9.65. The molecule has 0 aromatic heterocycles. The second kappa shape index (κ2) is 9.67. The fourth-order valence-corrected chi connectivity index (χ4v) is 3.88. The Morgan fingerprint density at radius 2 is 1.65 bits per heavy atom. The van der Waals surface area contributed by atoms with E-state index in [1.54, 1.807) is 4.90 Å². The summed E-state index contributed by atoms with van der Waals surface area (Å²) in [4.78, 5) is 1.67. The SMILES string of the molecule is CC#CC1(OC[C@@H](COCC(C)C)[NH+]2CCCC2)CCCCC1. The highest BCUT2D eigenvalue weighted by molar-refractivity contribution is 5.14. The van der Waals surface area contributed by atoms with Gasteiger partial charge in [-0.15, -0.1) is 5.92 Å². The minimum atomic E-state index is -0.178. The smallest absolute Gasteiger partial charge is 0.135 e. The molecule has 0 bridgehead atoms. The molecular formula is C20H36NO2+. The molecule has 1 saturated heterocycles. The minimum Gasteiger partial charge on any atom is -0.375 e. The summed E-state index contributed by atoms with van der Waals surface area (Å²) in [5.41, 5.74) is -0.178. The van der Waals surface area contributed by atoms with Crippen LogP contribution in [0.2, 0.25) is 0 Å². The van der Waals surface area contributed by atoms with E-state index in [9.17, 15) is 0 Å². The molecule has 2 aliphatic rings. The average molecular weight is 323 g/mol. The summed E-state index contributed by atoms with van der Waals surface area (Å²) < 4.78 is 12.4. The van der Waals surface area contributed by atoms with Gasteiger partial charge < -0.3 is 14.4 Å². The third-order valence-corrected chi connectivity index (χ3v) is 5.17.